The number of nitrogens with one attached hydrogen (secondary N) is 1. The van der Waals surface area contributed by atoms with Crippen LogP contribution in [0.15, 0.2) is 53.6 Å². The zero-order valence-corrected chi connectivity index (χ0v) is 12.0. The second-order valence-corrected chi connectivity index (χ2v) is 4.54. The fourth-order valence-electron chi connectivity index (χ4n) is 1.72. The highest BCUT2D eigenvalue weighted by molar-refractivity contribution is 6.01. The van der Waals surface area contributed by atoms with E-state index in [2.05, 4.69) is 10.5 Å². The Balaban J connectivity index is 1.93. The molecule has 2 aromatic carbocycles. The van der Waals surface area contributed by atoms with Crippen molar-refractivity contribution in [3.05, 3.63) is 54.1 Å². The van der Waals surface area contributed by atoms with Crippen LogP contribution in [0, 0.1) is 0 Å². The molecule has 0 aliphatic rings. The third kappa shape index (κ3) is 4.24. The smallest absolute Gasteiger partial charge is 0.277 e. The van der Waals surface area contributed by atoms with E-state index in [9.17, 15) is 15.0 Å². The van der Waals surface area contributed by atoms with E-state index in [4.69, 9.17) is 4.74 Å². The number of ether oxygens (including phenoxy) is 1. The van der Waals surface area contributed by atoms with Crippen LogP contribution in [0.5, 0.6) is 17.2 Å². The number of nitrogens with zero attached hydrogens (tertiary/aromatic N) is 1. The summed E-state index contributed by atoms with van der Waals surface area (Å²) in [5.74, 6) is 0.127. The van der Waals surface area contributed by atoms with Gasteiger partial charge in [0.15, 0.2) is 6.61 Å². The number of rotatable bonds is 5. The molecule has 2 aromatic rings. The van der Waals surface area contributed by atoms with Crippen molar-refractivity contribution in [2.45, 2.75) is 6.92 Å². The molecule has 0 heterocycles. The zero-order chi connectivity index (χ0) is 15.9. The van der Waals surface area contributed by atoms with Crippen molar-refractivity contribution < 1.29 is 19.7 Å². The minimum Gasteiger partial charge on any atom is -0.508 e. The van der Waals surface area contributed by atoms with Crippen LogP contribution in [0.1, 0.15) is 12.5 Å². The van der Waals surface area contributed by atoms with Gasteiger partial charge in [0.2, 0.25) is 0 Å². The number of aromatic hydroxyl groups is 2. The minimum atomic E-state index is -0.428. The van der Waals surface area contributed by atoms with Gasteiger partial charge in [-0.05, 0) is 37.3 Å². The number of carbonyl (C=O) groups is 1. The summed E-state index contributed by atoms with van der Waals surface area (Å²) in [7, 11) is 0. The van der Waals surface area contributed by atoms with Gasteiger partial charge in [0.25, 0.3) is 5.91 Å². The molecule has 0 atom stereocenters. The molecule has 22 heavy (non-hydrogen) atoms. The van der Waals surface area contributed by atoms with Crippen molar-refractivity contribution in [2.75, 3.05) is 6.61 Å². The van der Waals surface area contributed by atoms with Crippen LogP contribution in [-0.4, -0.2) is 28.4 Å². The molecular weight excluding hydrogens is 284 g/mol. The maximum atomic E-state index is 11.6. The Morgan fingerprint density at radius 3 is 2.64 bits per heavy atom. The first-order chi connectivity index (χ1) is 10.6. The summed E-state index contributed by atoms with van der Waals surface area (Å²) in [4.78, 5) is 11.6. The molecule has 0 saturated heterocycles. The molecule has 3 N–H and O–H groups in total. The molecule has 1 amide bonds. The normalized spacial score (nSPS) is 11.0. The molecule has 0 saturated carbocycles. The van der Waals surface area contributed by atoms with Crippen molar-refractivity contribution >= 4 is 11.6 Å². The standard InChI is InChI=1S/C16H16N2O4/c1-11(14-9-12(19)7-8-15(14)20)17-18-16(21)10-22-13-5-3-2-4-6-13/h2-9,19-20H,10H2,1H3,(H,18,21)/b17-11-. The first kappa shape index (κ1) is 15.4. The Hall–Kier alpha value is -3.02. The number of para-hydroxylation sites is 1. The molecule has 2 rings (SSSR count). The Labute approximate surface area is 127 Å². The van der Waals surface area contributed by atoms with Crippen LogP contribution >= 0.6 is 0 Å². The Morgan fingerprint density at radius 1 is 1.18 bits per heavy atom. The molecular formula is C16H16N2O4. The first-order valence-corrected chi connectivity index (χ1v) is 6.59. The van der Waals surface area contributed by atoms with E-state index in [-0.39, 0.29) is 18.1 Å². The summed E-state index contributed by atoms with van der Waals surface area (Å²) >= 11 is 0. The van der Waals surface area contributed by atoms with Gasteiger partial charge in [-0.25, -0.2) is 5.43 Å². The van der Waals surface area contributed by atoms with Crippen molar-refractivity contribution in [2.24, 2.45) is 5.10 Å². The van der Waals surface area contributed by atoms with Crippen LogP contribution in [0.2, 0.25) is 0 Å². The molecule has 0 fully saturated rings. The monoisotopic (exact) mass is 300 g/mol. The van der Waals surface area contributed by atoms with E-state index < -0.39 is 5.91 Å². The summed E-state index contributed by atoms with van der Waals surface area (Å²) in [6.07, 6.45) is 0. The molecule has 0 spiro atoms. The largest absolute Gasteiger partial charge is 0.508 e. The molecule has 6 nitrogen and oxygen atoms in total. The Kier molecular flexibility index (Phi) is 4.98. The fourth-order valence-corrected chi connectivity index (χ4v) is 1.72. The number of phenolic OH excluding ortho intramolecular Hbond substituents is 2. The second-order valence-electron chi connectivity index (χ2n) is 4.54. The van der Waals surface area contributed by atoms with Gasteiger partial charge < -0.3 is 14.9 Å². The highest BCUT2D eigenvalue weighted by Gasteiger charge is 2.07. The molecule has 114 valence electrons. The summed E-state index contributed by atoms with van der Waals surface area (Å²) in [5, 5.41) is 23.0. The van der Waals surface area contributed by atoms with Gasteiger partial charge in [-0.2, -0.15) is 5.10 Å². The summed E-state index contributed by atoms with van der Waals surface area (Å²) < 4.78 is 5.28. The van der Waals surface area contributed by atoms with Gasteiger partial charge >= 0.3 is 0 Å². The third-order valence-corrected chi connectivity index (χ3v) is 2.83. The zero-order valence-electron chi connectivity index (χ0n) is 12.0. The predicted octanol–water partition coefficient (Wildman–Crippen LogP) is 2.02. The topological polar surface area (TPSA) is 91.2 Å². The van der Waals surface area contributed by atoms with Crippen LogP contribution in [0.25, 0.3) is 0 Å². The van der Waals surface area contributed by atoms with Gasteiger partial charge in [-0.1, -0.05) is 18.2 Å². The van der Waals surface area contributed by atoms with E-state index in [0.29, 0.717) is 17.0 Å². The van der Waals surface area contributed by atoms with E-state index >= 15 is 0 Å². The molecule has 0 aliphatic carbocycles. The second kappa shape index (κ2) is 7.12. The fraction of sp³-hybridized carbons (Fsp3) is 0.125. The number of hydrogen-bond donors (Lipinski definition) is 3. The van der Waals surface area contributed by atoms with Crippen molar-refractivity contribution in [3.8, 4) is 17.2 Å². The Bertz CT molecular complexity index is 684. The molecule has 0 aliphatic heterocycles. The van der Waals surface area contributed by atoms with E-state index in [1.807, 2.05) is 6.07 Å². The molecule has 0 unspecified atom stereocenters. The van der Waals surface area contributed by atoms with E-state index in [1.54, 1.807) is 31.2 Å². The Morgan fingerprint density at radius 2 is 1.91 bits per heavy atom. The lowest BCUT2D eigenvalue weighted by Gasteiger charge is -2.07. The molecule has 0 bridgehead atoms. The molecule has 6 heteroatoms. The highest BCUT2D eigenvalue weighted by atomic mass is 16.5. The van der Waals surface area contributed by atoms with Crippen LogP contribution in [-0.2, 0) is 4.79 Å². The lowest BCUT2D eigenvalue weighted by atomic mass is 10.1. The molecule has 0 aromatic heterocycles. The van der Waals surface area contributed by atoms with Crippen molar-refractivity contribution in [1.82, 2.24) is 5.43 Å². The van der Waals surface area contributed by atoms with Gasteiger partial charge in [0, 0.05) is 5.56 Å². The van der Waals surface area contributed by atoms with E-state index in [0.717, 1.165) is 0 Å². The predicted molar refractivity (Wildman–Crippen MR) is 82.1 cm³/mol. The quantitative estimate of drug-likeness (QED) is 0.447. The van der Waals surface area contributed by atoms with Crippen molar-refractivity contribution in [3.63, 3.8) is 0 Å². The maximum Gasteiger partial charge on any atom is 0.277 e. The summed E-state index contributed by atoms with van der Waals surface area (Å²) in [6, 6.07) is 13.0. The first-order valence-electron chi connectivity index (χ1n) is 6.59. The average Bonchev–Trinajstić information content (AvgIpc) is 2.54. The number of benzene rings is 2. The number of carbonyl (C=O) groups excluding carboxylic acids is 1. The number of amides is 1. The average molecular weight is 300 g/mol. The number of hydrazone groups is 1. The van der Waals surface area contributed by atoms with Crippen LogP contribution < -0.4 is 10.2 Å². The van der Waals surface area contributed by atoms with Crippen LogP contribution in [0.4, 0.5) is 0 Å². The number of phenols is 2. The van der Waals surface area contributed by atoms with Crippen molar-refractivity contribution in [1.29, 1.82) is 0 Å². The minimum absolute atomic E-state index is 0.00101. The number of hydrogen-bond acceptors (Lipinski definition) is 5. The lowest BCUT2D eigenvalue weighted by Crippen LogP contribution is -2.25. The lowest BCUT2D eigenvalue weighted by molar-refractivity contribution is -0.123. The van der Waals surface area contributed by atoms with Gasteiger partial charge in [-0.3, -0.25) is 4.79 Å². The van der Waals surface area contributed by atoms with Gasteiger partial charge in [0.05, 0.1) is 5.71 Å². The molecule has 0 radical (unpaired) electrons. The third-order valence-electron chi connectivity index (χ3n) is 2.83. The van der Waals surface area contributed by atoms with Crippen LogP contribution in [0.3, 0.4) is 0 Å². The van der Waals surface area contributed by atoms with Gasteiger partial charge in [0.1, 0.15) is 17.2 Å². The maximum absolute atomic E-state index is 11.6. The highest BCUT2D eigenvalue weighted by Crippen LogP contribution is 2.22. The van der Waals surface area contributed by atoms with Gasteiger partial charge in [-0.15, -0.1) is 0 Å². The summed E-state index contributed by atoms with van der Waals surface area (Å²) in [6.45, 7) is 1.43. The summed E-state index contributed by atoms with van der Waals surface area (Å²) in [5.41, 5.74) is 3.03. The SMILES string of the molecule is C/C(=N/NC(=O)COc1ccccc1)c1cc(O)ccc1O. The van der Waals surface area contributed by atoms with E-state index in [1.165, 1.54) is 18.2 Å².